The summed E-state index contributed by atoms with van der Waals surface area (Å²) in [5.74, 6) is 0.755. The first kappa shape index (κ1) is 12.9. The predicted octanol–water partition coefficient (Wildman–Crippen LogP) is 3.20. The van der Waals surface area contributed by atoms with Crippen molar-refractivity contribution in [2.45, 2.75) is 19.4 Å². The number of anilines is 1. The summed E-state index contributed by atoms with van der Waals surface area (Å²) in [6.07, 6.45) is 4.59. The molecule has 1 aliphatic rings. The molecule has 0 saturated heterocycles. The minimum absolute atomic E-state index is 0.0480. The van der Waals surface area contributed by atoms with Crippen LogP contribution < -0.4 is 10.1 Å². The van der Waals surface area contributed by atoms with Gasteiger partial charge in [-0.1, -0.05) is 17.7 Å². The van der Waals surface area contributed by atoms with Gasteiger partial charge in [0.05, 0.1) is 5.02 Å². The van der Waals surface area contributed by atoms with Crippen LogP contribution in [-0.4, -0.2) is 10.9 Å². The van der Waals surface area contributed by atoms with Gasteiger partial charge in [0.15, 0.2) is 0 Å². The zero-order chi connectivity index (χ0) is 13.9. The van der Waals surface area contributed by atoms with Crippen LogP contribution in [0.4, 0.5) is 5.69 Å². The molecule has 2 heterocycles. The lowest BCUT2D eigenvalue weighted by atomic mass is 10.0. The Labute approximate surface area is 121 Å². The number of fused-ring (bicyclic) bond motifs is 1. The fourth-order valence-corrected chi connectivity index (χ4v) is 2.30. The normalized spacial score (nSPS) is 13.6. The molecule has 1 amide bonds. The zero-order valence-corrected chi connectivity index (χ0v) is 11.5. The van der Waals surface area contributed by atoms with Gasteiger partial charge in [-0.2, -0.15) is 0 Å². The van der Waals surface area contributed by atoms with E-state index in [9.17, 15) is 4.79 Å². The van der Waals surface area contributed by atoms with Gasteiger partial charge in [0.25, 0.3) is 0 Å². The van der Waals surface area contributed by atoms with Crippen molar-refractivity contribution in [3.8, 4) is 5.75 Å². The van der Waals surface area contributed by atoms with Gasteiger partial charge < -0.3 is 10.1 Å². The van der Waals surface area contributed by atoms with Crippen LogP contribution in [0, 0.1) is 0 Å². The number of aryl methyl sites for hydroxylation is 1. The Morgan fingerprint density at radius 3 is 3.05 bits per heavy atom. The monoisotopic (exact) mass is 288 g/mol. The molecule has 1 aromatic heterocycles. The van der Waals surface area contributed by atoms with Crippen LogP contribution in [0.5, 0.6) is 5.75 Å². The molecule has 0 bridgehead atoms. The van der Waals surface area contributed by atoms with E-state index in [1.165, 1.54) is 0 Å². The van der Waals surface area contributed by atoms with Crippen LogP contribution in [0.1, 0.15) is 17.5 Å². The van der Waals surface area contributed by atoms with E-state index in [-0.39, 0.29) is 5.91 Å². The average molecular weight is 289 g/mol. The minimum atomic E-state index is 0.0480. The summed E-state index contributed by atoms with van der Waals surface area (Å²) in [6, 6.07) is 7.56. The minimum Gasteiger partial charge on any atom is -0.489 e. The molecular formula is C15H13ClN2O2. The molecule has 0 radical (unpaired) electrons. The molecular weight excluding hydrogens is 276 g/mol. The molecule has 0 unspecified atom stereocenters. The van der Waals surface area contributed by atoms with Crippen LogP contribution in [0.3, 0.4) is 0 Å². The van der Waals surface area contributed by atoms with E-state index in [1.54, 1.807) is 12.4 Å². The second kappa shape index (κ2) is 5.51. The number of nitrogens with zero attached hydrogens (tertiary/aromatic N) is 1. The Bertz CT molecular complexity index is 658. The first-order valence-electron chi connectivity index (χ1n) is 6.36. The Kier molecular flexibility index (Phi) is 3.56. The maximum atomic E-state index is 11.4. The van der Waals surface area contributed by atoms with Crippen LogP contribution in [0.25, 0.3) is 0 Å². The molecule has 0 spiro atoms. The van der Waals surface area contributed by atoms with Crippen LogP contribution >= 0.6 is 11.6 Å². The molecule has 0 saturated carbocycles. The van der Waals surface area contributed by atoms with Gasteiger partial charge in [0, 0.05) is 36.1 Å². The number of aromatic nitrogens is 1. The van der Waals surface area contributed by atoms with Crippen LogP contribution in [-0.2, 0) is 17.8 Å². The van der Waals surface area contributed by atoms with Crippen molar-refractivity contribution < 1.29 is 9.53 Å². The highest BCUT2D eigenvalue weighted by atomic mass is 35.5. The number of halogens is 1. The van der Waals surface area contributed by atoms with Gasteiger partial charge in [-0.15, -0.1) is 0 Å². The first-order valence-corrected chi connectivity index (χ1v) is 6.74. The Morgan fingerprint density at radius 1 is 1.30 bits per heavy atom. The second-order valence-corrected chi connectivity index (χ2v) is 5.03. The molecule has 0 aliphatic carbocycles. The molecule has 1 aromatic carbocycles. The summed E-state index contributed by atoms with van der Waals surface area (Å²) >= 11 is 6.03. The van der Waals surface area contributed by atoms with E-state index in [0.29, 0.717) is 23.8 Å². The second-order valence-electron chi connectivity index (χ2n) is 4.62. The molecule has 5 heteroatoms. The third-order valence-electron chi connectivity index (χ3n) is 3.23. The highest BCUT2D eigenvalue weighted by Gasteiger charge is 2.15. The number of hydrogen-bond donors (Lipinski definition) is 1. The number of amides is 1. The smallest absolute Gasteiger partial charge is 0.224 e. The van der Waals surface area contributed by atoms with Gasteiger partial charge in [-0.25, -0.2) is 0 Å². The highest BCUT2D eigenvalue weighted by Crippen LogP contribution is 2.27. The molecule has 3 rings (SSSR count). The molecule has 102 valence electrons. The van der Waals surface area contributed by atoms with Crippen molar-refractivity contribution in [1.29, 1.82) is 0 Å². The number of ether oxygens (including phenoxy) is 1. The van der Waals surface area contributed by atoms with Gasteiger partial charge >= 0.3 is 0 Å². The zero-order valence-electron chi connectivity index (χ0n) is 10.7. The fraction of sp³-hybridized carbons (Fsp3) is 0.200. The maximum absolute atomic E-state index is 11.4. The van der Waals surface area contributed by atoms with Gasteiger partial charge in [-0.05, 0) is 24.1 Å². The lowest BCUT2D eigenvalue weighted by Crippen LogP contribution is -2.18. The highest BCUT2D eigenvalue weighted by molar-refractivity contribution is 6.31. The van der Waals surface area contributed by atoms with E-state index in [2.05, 4.69) is 10.3 Å². The van der Waals surface area contributed by atoms with Gasteiger partial charge in [0.1, 0.15) is 12.4 Å². The van der Waals surface area contributed by atoms with Crippen molar-refractivity contribution in [3.63, 3.8) is 0 Å². The summed E-state index contributed by atoms with van der Waals surface area (Å²) in [5, 5.41) is 3.44. The number of carbonyl (C=O) groups is 1. The largest absolute Gasteiger partial charge is 0.489 e. The third-order valence-corrected chi connectivity index (χ3v) is 3.57. The van der Waals surface area contributed by atoms with E-state index < -0.39 is 0 Å². The predicted molar refractivity (Wildman–Crippen MR) is 77.0 cm³/mol. The molecule has 20 heavy (non-hydrogen) atoms. The van der Waals surface area contributed by atoms with Gasteiger partial charge in [0.2, 0.25) is 5.91 Å². The molecule has 2 aromatic rings. The van der Waals surface area contributed by atoms with Crippen molar-refractivity contribution in [2.75, 3.05) is 5.32 Å². The number of hydrogen-bond acceptors (Lipinski definition) is 3. The first-order chi connectivity index (χ1) is 9.72. The van der Waals surface area contributed by atoms with E-state index in [4.69, 9.17) is 16.3 Å². The van der Waals surface area contributed by atoms with E-state index in [1.807, 2.05) is 24.3 Å². The summed E-state index contributed by atoms with van der Waals surface area (Å²) in [5.41, 5.74) is 2.85. The van der Waals surface area contributed by atoms with Crippen molar-refractivity contribution in [1.82, 2.24) is 4.98 Å². The molecule has 4 nitrogen and oxygen atoms in total. The number of benzene rings is 1. The Morgan fingerprint density at radius 2 is 2.20 bits per heavy atom. The average Bonchev–Trinajstić information content (AvgIpc) is 2.46. The van der Waals surface area contributed by atoms with Crippen LogP contribution in [0.15, 0.2) is 36.7 Å². The fourth-order valence-electron chi connectivity index (χ4n) is 2.12. The molecule has 1 N–H and O–H groups in total. The topological polar surface area (TPSA) is 51.2 Å². The van der Waals surface area contributed by atoms with Crippen molar-refractivity contribution in [2.24, 2.45) is 0 Å². The summed E-state index contributed by atoms with van der Waals surface area (Å²) in [4.78, 5) is 15.3. The van der Waals surface area contributed by atoms with E-state index in [0.717, 1.165) is 23.2 Å². The molecule has 0 fully saturated rings. The van der Waals surface area contributed by atoms with E-state index >= 15 is 0 Å². The molecule has 0 atom stereocenters. The van der Waals surface area contributed by atoms with Crippen molar-refractivity contribution >= 4 is 23.2 Å². The summed E-state index contributed by atoms with van der Waals surface area (Å²) in [6.45, 7) is 0.369. The Balaban J connectivity index is 1.74. The Hall–Kier alpha value is -2.07. The number of carbonyl (C=O) groups excluding carboxylic acids is 1. The SMILES string of the molecule is O=C1CCc2ccc(OCc3ccncc3Cl)cc2N1. The van der Waals surface area contributed by atoms with Crippen LogP contribution in [0.2, 0.25) is 5.02 Å². The third kappa shape index (κ3) is 2.75. The summed E-state index contributed by atoms with van der Waals surface area (Å²) in [7, 11) is 0. The lowest BCUT2D eigenvalue weighted by Gasteiger charge is -2.17. The van der Waals surface area contributed by atoms with Gasteiger partial charge in [-0.3, -0.25) is 9.78 Å². The maximum Gasteiger partial charge on any atom is 0.224 e. The lowest BCUT2D eigenvalue weighted by molar-refractivity contribution is -0.116. The van der Waals surface area contributed by atoms with Crippen molar-refractivity contribution in [3.05, 3.63) is 52.8 Å². The number of pyridine rings is 1. The standard InChI is InChI=1S/C15H13ClN2O2/c16-13-8-17-6-5-11(13)9-20-12-3-1-10-2-4-15(19)18-14(10)7-12/h1,3,5-8H,2,4,9H2,(H,18,19). The summed E-state index contributed by atoms with van der Waals surface area (Å²) < 4.78 is 5.71. The molecule has 1 aliphatic heterocycles. The quantitative estimate of drug-likeness (QED) is 0.943. The number of nitrogens with one attached hydrogen (secondary N) is 1. The number of rotatable bonds is 3.